The average Bonchev–Trinajstić information content (AvgIpc) is 3.04. The van der Waals surface area contributed by atoms with E-state index in [4.69, 9.17) is 11.6 Å². The molecule has 0 aliphatic carbocycles. The smallest absolute Gasteiger partial charge is 0.358 e. The fourth-order valence-electron chi connectivity index (χ4n) is 2.73. The molecule has 3 rings (SSSR count). The second-order valence-corrected chi connectivity index (χ2v) is 6.86. The summed E-state index contributed by atoms with van der Waals surface area (Å²) in [5.41, 5.74) is -1.40. The Kier molecular flexibility index (Phi) is 5.44. The Balaban J connectivity index is 2.39. The minimum atomic E-state index is -4.83. The maximum atomic E-state index is 13.5. The van der Waals surface area contributed by atoms with Gasteiger partial charge >= 0.3 is 12.4 Å². The van der Waals surface area contributed by atoms with Crippen LogP contribution in [0.25, 0.3) is 22.5 Å². The molecule has 0 saturated heterocycles. The molecule has 0 fully saturated rings. The summed E-state index contributed by atoms with van der Waals surface area (Å²) in [6.45, 7) is 6.17. The van der Waals surface area contributed by atoms with Gasteiger partial charge in [0, 0.05) is 11.8 Å². The highest BCUT2D eigenvalue weighted by Crippen LogP contribution is 2.42. The quantitative estimate of drug-likeness (QED) is 0.400. The first-order valence-electron chi connectivity index (χ1n) is 8.41. The first-order chi connectivity index (χ1) is 13.8. The number of pyridine rings is 1. The highest BCUT2D eigenvalue weighted by molar-refractivity contribution is 6.33. The zero-order valence-corrected chi connectivity index (χ0v) is 16.3. The number of halogens is 7. The number of hydrogen-bond donors (Lipinski definition) is 1. The van der Waals surface area contributed by atoms with E-state index in [1.165, 1.54) is 6.20 Å². The van der Waals surface area contributed by atoms with Crippen molar-refractivity contribution in [3.05, 3.63) is 47.4 Å². The lowest BCUT2D eigenvalue weighted by molar-refractivity contribution is -0.139. The molecule has 0 aliphatic heterocycles. The van der Waals surface area contributed by atoms with Gasteiger partial charge in [0.15, 0.2) is 5.65 Å². The molecule has 5 nitrogen and oxygen atoms in total. The largest absolute Gasteiger partial charge is 0.418 e. The van der Waals surface area contributed by atoms with Gasteiger partial charge in [-0.25, -0.2) is 4.98 Å². The van der Waals surface area contributed by atoms with Crippen LogP contribution in [0.1, 0.15) is 25.0 Å². The Morgan fingerprint density at radius 3 is 2.47 bits per heavy atom. The third-order valence-corrected chi connectivity index (χ3v) is 4.53. The molecular weight excluding hydrogens is 436 g/mol. The highest BCUT2D eigenvalue weighted by Gasteiger charge is 2.39. The average molecular weight is 450 g/mol. The molecule has 3 heterocycles. The van der Waals surface area contributed by atoms with Crippen molar-refractivity contribution >= 4 is 28.6 Å². The summed E-state index contributed by atoms with van der Waals surface area (Å²) in [7, 11) is 0. The van der Waals surface area contributed by atoms with Gasteiger partial charge in [0.2, 0.25) is 0 Å². The lowest BCUT2D eigenvalue weighted by Crippen LogP contribution is -2.34. The number of aromatic nitrogens is 4. The number of fused-ring (bicyclic) bond motifs is 1. The third-order valence-electron chi connectivity index (χ3n) is 4.26. The van der Waals surface area contributed by atoms with Crippen LogP contribution < -0.4 is 5.32 Å². The summed E-state index contributed by atoms with van der Waals surface area (Å²) >= 11 is 6.19. The summed E-state index contributed by atoms with van der Waals surface area (Å²) in [6, 6.07) is -0.319. The summed E-state index contributed by atoms with van der Waals surface area (Å²) in [5, 5.41) is 5.70. The van der Waals surface area contributed by atoms with Crippen LogP contribution in [0.4, 0.5) is 32.2 Å². The molecule has 0 aliphatic rings. The molecule has 160 valence electrons. The van der Waals surface area contributed by atoms with Gasteiger partial charge < -0.3 is 5.32 Å². The maximum Gasteiger partial charge on any atom is 0.418 e. The van der Waals surface area contributed by atoms with Gasteiger partial charge in [-0.3, -0.25) is 4.98 Å². The van der Waals surface area contributed by atoms with E-state index in [9.17, 15) is 26.3 Å². The first-order valence-corrected chi connectivity index (χ1v) is 8.79. The fraction of sp³-hybridized carbons (Fsp3) is 0.278. The fourth-order valence-corrected chi connectivity index (χ4v) is 2.99. The molecule has 30 heavy (non-hydrogen) atoms. The molecule has 0 bridgehead atoms. The SMILES string of the molecule is C=C(C)c1cnn2c(NC(C)C(F)(F)F)c(-c3ncccc3C(F)(F)F)c(Cl)nc12. The van der Waals surface area contributed by atoms with Crippen molar-refractivity contribution in [2.75, 3.05) is 5.32 Å². The van der Waals surface area contributed by atoms with Crippen molar-refractivity contribution in [2.24, 2.45) is 0 Å². The van der Waals surface area contributed by atoms with Crippen molar-refractivity contribution in [3.63, 3.8) is 0 Å². The maximum absolute atomic E-state index is 13.5. The Labute approximate surface area is 171 Å². The molecule has 0 amide bonds. The monoisotopic (exact) mass is 449 g/mol. The third kappa shape index (κ3) is 3.93. The lowest BCUT2D eigenvalue weighted by Gasteiger charge is -2.22. The molecule has 3 aromatic rings. The van der Waals surface area contributed by atoms with Crippen LogP contribution >= 0.6 is 11.6 Å². The first kappa shape index (κ1) is 21.9. The van der Waals surface area contributed by atoms with Gasteiger partial charge in [0.25, 0.3) is 0 Å². The normalized spacial score (nSPS) is 13.5. The topological polar surface area (TPSA) is 55.1 Å². The van der Waals surface area contributed by atoms with Crippen molar-refractivity contribution in [1.29, 1.82) is 0 Å². The van der Waals surface area contributed by atoms with Gasteiger partial charge in [-0.1, -0.05) is 18.2 Å². The number of nitrogens with one attached hydrogen (secondary N) is 1. The molecule has 12 heteroatoms. The zero-order valence-electron chi connectivity index (χ0n) is 15.5. The van der Waals surface area contributed by atoms with Crippen molar-refractivity contribution < 1.29 is 26.3 Å². The molecule has 0 saturated carbocycles. The summed E-state index contributed by atoms with van der Waals surface area (Å²) in [4.78, 5) is 7.79. The number of hydrogen-bond acceptors (Lipinski definition) is 4. The molecule has 3 aromatic heterocycles. The Bertz CT molecular complexity index is 1120. The van der Waals surface area contributed by atoms with Crippen molar-refractivity contribution in [2.45, 2.75) is 32.2 Å². The highest BCUT2D eigenvalue weighted by atomic mass is 35.5. The van der Waals surface area contributed by atoms with Crippen LogP contribution in [-0.4, -0.2) is 31.8 Å². The van der Waals surface area contributed by atoms with E-state index in [0.717, 1.165) is 29.8 Å². The van der Waals surface area contributed by atoms with Gasteiger partial charge in [-0.2, -0.15) is 36.0 Å². The van der Waals surface area contributed by atoms with Crippen LogP contribution in [0.5, 0.6) is 0 Å². The second-order valence-electron chi connectivity index (χ2n) is 6.51. The number of alkyl halides is 6. The minimum Gasteiger partial charge on any atom is -0.358 e. The molecule has 0 aromatic carbocycles. The van der Waals surface area contributed by atoms with E-state index in [0.29, 0.717) is 11.1 Å². The van der Waals surface area contributed by atoms with Crippen LogP contribution in [-0.2, 0) is 6.18 Å². The predicted molar refractivity (Wildman–Crippen MR) is 100 cm³/mol. The number of nitrogens with zero attached hydrogens (tertiary/aromatic N) is 4. The molecule has 1 atom stereocenters. The number of allylic oxidation sites excluding steroid dienone is 1. The van der Waals surface area contributed by atoms with Crippen LogP contribution in [0, 0.1) is 0 Å². The molecular formula is C18H14ClF6N5. The molecule has 0 spiro atoms. The van der Waals surface area contributed by atoms with Gasteiger partial charge in [-0.15, -0.1) is 0 Å². The van der Waals surface area contributed by atoms with E-state index in [1.807, 2.05) is 0 Å². The van der Waals surface area contributed by atoms with E-state index >= 15 is 0 Å². The molecule has 1 unspecified atom stereocenters. The summed E-state index contributed by atoms with van der Waals surface area (Å²) in [5.74, 6) is -0.425. The van der Waals surface area contributed by atoms with E-state index in [2.05, 4.69) is 27.0 Å². The minimum absolute atomic E-state index is 0.0395. The van der Waals surface area contributed by atoms with Gasteiger partial charge in [0.05, 0.1) is 23.0 Å². The van der Waals surface area contributed by atoms with Crippen LogP contribution in [0.3, 0.4) is 0 Å². The predicted octanol–water partition coefficient (Wildman–Crippen LogP) is 5.86. The number of anilines is 1. The Hall–Kier alpha value is -2.82. The standard InChI is InChI=1S/C18H14ClF6N5/c1-8(2)10-7-27-30-15(10)29-14(19)12(16(30)28-9(3)17(20,21)22)13-11(18(23,24)25)5-4-6-26-13/h4-7,9,28H,1H2,2-3H3. The van der Waals surface area contributed by atoms with Crippen molar-refractivity contribution in [3.8, 4) is 11.3 Å². The molecule has 0 radical (unpaired) electrons. The van der Waals surface area contributed by atoms with Crippen LogP contribution in [0.15, 0.2) is 31.1 Å². The second kappa shape index (κ2) is 7.46. The van der Waals surface area contributed by atoms with E-state index in [-0.39, 0.29) is 5.65 Å². The van der Waals surface area contributed by atoms with Crippen LogP contribution in [0.2, 0.25) is 5.15 Å². The van der Waals surface area contributed by atoms with Gasteiger partial charge in [-0.05, 0) is 31.6 Å². The summed E-state index contributed by atoms with van der Waals surface area (Å²) in [6.07, 6.45) is -7.16. The zero-order chi connectivity index (χ0) is 22.4. The van der Waals surface area contributed by atoms with E-state index in [1.54, 1.807) is 6.92 Å². The number of rotatable bonds is 4. The van der Waals surface area contributed by atoms with Gasteiger partial charge in [0.1, 0.15) is 17.0 Å². The lowest BCUT2D eigenvalue weighted by atomic mass is 10.1. The molecule has 1 N–H and O–H groups in total. The summed E-state index contributed by atoms with van der Waals surface area (Å²) < 4.78 is 81.2. The Morgan fingerprint density at radius 1 is 1.23 bits per heavy atom. The van der Waals surface area contributed by atoms with E-state index < -0.39 is 46.2 Å². The Morgan fingerprint density at radius 2 is 1.90 bits per heavy atom. The van der Waals surface area contributed by atoms with Crippen molar-refractivity contribution in [1.82, 2.24) is 19.6 Å².